The third-order valence-electron chi connectivity index (χ3n) is 4.01. The van der Waals surface area contributed by atoms with Crippen molar-refractivity contribution in [2.45, 2.75) is 84.3 Å². The molecule has 1 heterocycles. The summed E-state index contributed by atoms with van der Waals surface area (Å²) in [5.74, 6) is 0.657. The van der Waals surface area contributed by atoms with Crippen LogP contribution in [0.4, 0.5) is 0 Å². The van der Waals surface area contributed by atoms with Crippen LogP contribution in [0.3, 0.4) is 0 Å². The van der Waals surface area contributed by atoms with Crippen LogP contribution in [0.2, 0.25) is 0 Å². The minimum absolute atomic E-state index is 0.268. The topological polar surface area (TPSA) is 18.5 Å². The van der Waals surface area contributed by atoms with E-state index in [2.05, 4.69) is 20.8 Å². The Morgan fingerprint density at radius 2 is 1.56 bits per heavy atom. The van der Waals surface area contributed by atoms with Crippen molar-refractivity contribution in [3.05, 3.63) is 0 Å². The first-order valence-electron chi connectivity index (χ1n) is 7.94. The van der Waals surface area contributed by atoms with Crippen molar-refractivity contribution in [1.29, 1.82) is 0 Å². The molecule has 0 saturated carbocycles. The van der Waals surface area contributed by atoms with E-state index >= 15 is 0 Å². The van der Waals surface area contributed by atoms with Crippen LogP contribution in [0.5, 0.6) is 0 Å². The molecular formula is C16H32O2. The van der Waals surface area contributed by atoms with Crippen molar-refractivity contribution in [2.24, 2.45) is 5.92 Å². The van der Waals surface area contributed by atoms with Crippen molar-refractivity contribution in [2.75, 3.05) is 13.2 Å². The van der Waals surface area contributed by atoms with Crippen LogP contribution in [-0.2, 0) is 9.47 Å². The Bertz CT molecular complexity index is 197. The van der Waals surface area contributed by atoms with E-state index in [9.17, 15) is 0 Å². The van der Waals surface area contributed by atoms with E-state index in [1.54, 1.807) is 0 Å². The summed E-state index contributed by atoms with van der Waals surface area (Å²) in [5.41, 5.74) is 0. The van der Waals surface area contributed by atoms with Gasteiger partial charge in [0.25, 0.3) is 0 Å². The maximum Gasteiger partial charge on any atom is 0.165 e. The van der Waals surface area contributed by atoms with Crippen molar-refractivity contribution in [3.63, 3.8) is 0 Å². The summed E-state index contributed by atoms with van der Waals surface area (Å²) in [6, 6.07) is 0. The highest BCUT2D eigenvalue weighted by Gasteiger charge is 2.29. The van der Waals surface area contributed by atoms with E-state index < -0.39 is 0 Å². The Morgan fingerprint density at radius 3 is 2.22 bits per heavy atom. The molecule has 0 bridgehead atoms. The highest BCUT2D eigenvalue weighted by Crippen LogP contribution is 2.25. The summed E-state index contributed by atoms with van der Waals surface area (Å²) in [7, 11) is 0. The molecular weight excluding hydrogens is 224 g/mol. The number of hydrogen-bond donors (Lipinski definition) is 0. The molecule has 1 aliphatic heterocycles. The van der Waals surface area contributed by atoms with Gasteiger partial charge in [0, 0.05) is 6.42 Å². The predicted octanol–water partition coefficient (Wildman–Crippen LogP) is 4.92. The van der Waals surface area contributed by atoms with Gasteiger partial charge in [0.1, 0.15) is 0 Å². The molecule has 0 N–H and O–H groups in total. The van der Waals surface area contributed by atoms with Crippen LogP contribution < -0.4 is 0 Å². The van der Waals surface area contributed by atoms with Crippen LogP contribution in [0.15, 0.2) is 0 Å². The minimum atomic E-state index is -0.268. The molecule has 1 atom stereocenters. The molecule has 0 unspecified atom stereocenters. The maximum absolute atomic E-state index is 5.60. The predicted molar refractivity (Wildman–Crippen MR) is 76.7 cm³/mol. The minimum Gasteiger partial charge on any atom is -0.348 e. The van der Waals surface area contributed by atoms with Crippen molar-refractivity contribution >= 4 is 0 Å². The lowest BCUT2D eigenvalue weighted by molar-refractivity contribution is -0.147. The highest BCUT2D eigenvalue weighted by molar-refractivity contribution is 4.67. The van der Waals surface area contributed by atoms with Crippen molar-refractivity contribution < 1.29 is 9.47 Å². The summed E-state index contributed by atoms with van der Waals surface area (Å²) < 4.78 is 11.2. The average Bonchev–Trinajstić information content (AvgIpc) is 2.75. The van der Waals surface area contributed by atoms with E-state index in [1.165, 1.54) is 51.4 Å². The fourth-order valence-electron chi connectivity index (χ4n) is 2.81. The SMILES string of the molecule is CCC[C@@H](C)CCCCCCCC1(C)OCCO1. The molecule has 0 aromatic rings. The van der Waals surface area contributed by atoms with Gasteiger partial charge >= 0.3 is 0 Å². The van der Waals surface area contributed by atoms with Gasteiger partial charge in [-0.25, -0.2) is 0 Å². The molecule has 2 nitrogen and oxygen atoms in total. The quantitative estimate of drug-likeness (QED) is 0.517. The Labute approximate surface area is 113 Å². The molecule has 0 amide bonds. The Balaban J connectivity index is 1.87. The van der Waals surface area contributed by atoms with Gasteiger partial charge in [0.15, 0.2) is 5.79 Å². The van der Waals surface area contributed by atoms with E-state index in [0.29, 0.717) is 0 Å². The largest absolute Gasteiger partial charge is 0.348 e. The van der Waals surface area contributed by atoms with Crippen LogP contribution in [0.25, 0.3) is 0 Å². The first-order chi connectivity index (χ1) is 8.66. The summed E-state index contributed by atoms with van der Waals surface area (Å²) in [5, 5.41) is 0. The second-order valence-electron chi connectivity index (χ2n) is 6.03. The molecule has 0 spiro atoms. The summed E-state index contributed by atoms with van der Waals surface area (Å²) in [6.07, 6.45) is 11.9. The number of rotatable bonds is 10. The lowest BCUT2D eigenvalue weighted by Gasteiger charge is -2.21. The Kier molecular flexibility index (Phi) is 7.92. The van der Waals surface area contributed by atoms with Crippen LogP contribution >= 0.6 is 0 Å². The first-order valence-corrected chi connectivity index (χ1v) is 7.94. The van der Waals surface area contributed by atoms with Gasteiger partial charge in [0.05, 0.1) is 13.2 Å². The van der Waals surface area contributed by atoms with Crippen LogP contribution in [-0.4, -0.2) is 19.0 Å². The fraction of sp³-hybridized carbons (Fsp3) is 1.00. The smallest absolute Gasteiger partial charge is 0.165 e. The summed E-state index contributed by atoms with van der Waals surface area (Å²) in [4.78, 5) is 0. The lowest BCUT2D eigenvalue weighted by Crippen LogP contribution is -2.24. The van der Waals surface area contributed by atoms with Gasteiger partial charge in [0.2, 0.25) is 0 Å². The molecule has 1 fully saturated rings. The summed E-state index contributed by atoms with van der Waals surface area (Å²) >= 11 is 0. The van der Waals surface area contributed by atoms with E-state index in [4.69, 9.17) is 9.47 Å². The molecule has 108 valence electrons. The third-order valence-corrected chi connectivity index (χ3v) is 4.01. The monoisotopic (exact) mass is 256 g/mol. The molecule has 0 aliphatic carbocycles. The van der Waals surface area contributed by atoms with E-state index in [0.717, 1.165) is 25.6 Å². The Hall–Kier alpha value is -0.0800. The standard InChI is InChI=1S/C16H32O2/c1-4-10-15(2)11-8-6-5-7-9-12-16(3)17-13-14-18-16/h15H,4-14H2,1-3H3/t15-/m1/s1. The second-order valence-corrected chi connectivity index (χ2v) is 6.03. The molecule has 2 heteroatoms. The van der Waals surface area contributed by atoms with E-state index in [1.807, 2.05) is 0 Å². The molecule has 1 aliphatic rings. The maximum atomic E-state index is 5.60. The van der Waals surface area contributed by atoms with Crippen LogP contribution in [0, 0.1) is 5.92 Å². The normalized spacial score (nSPS) is 20.2. The van der Waals surface area contributed by atoms with Gasteiger partial charge in [-0.3, -0.25) is 0 Å². The molecule has 18 heavy (non-hydrogen) atoms. The zero-order valence-corrected chi connectivity index (χ0v) is 12.7. The van der Waals surface area contributed by atoms with Gasteiger partial charge < -0.3 is 9.47 Å². The van der Waals surface area contributed by atoms with Gasteiger partial charge in [-0.1, -0.05) is 58.8 Å². The highest BCUT2D eigenvalue weighted by atomic mass is 16.7. The number of hydrogen-bond acceptors (Lipinski definition) is 2. The van der Waals surface area contributed by atoms with Crippen molar-refractivity contribution in [3.8, 4) is 0 Å². The molecule has 0 aromatic heterocycles. The van der Waals surface area contributed by atoms with E-state index in [-0.39, 0.29) is 5.79 Å². The lowest BCUT2D eigenvalue weighted by atomic mass is 9.98. The third kappa shape index (κ3) is 6.75. The van der Waals surface area contributed by atoms with Gasteiger partial charge in [-0.05, 0) is 19.3 Å². The molecule has 1 saturated heterocycles. The summed E-state index contributed by atoms with van der Waals surface area (Å²) in [6.45, 7) is 8.29. The molecule has 0 radical (unpaired) electrons. The second kappa shape index (κ2) is 8.92. The van der Waals surface area contributed by atoms with Gasteiger partial charge in [-0.15, -0.1) is 0 Å². The molecule has 0 aromatic carbocycles. The number of unbranched alkanes of at least 4 members (excludes halogenated alkanes) is 4. The zero-order chi connectivity index (χ0) is 13.3. The van der Waals surface area contributed by atoms with Gasteiger partial charge in [-0.2, -0.15) is 0 Å². The fourth-order valence-corrected chi connectivity index (χ4v) is 2.81. The van der Waals surface area contributed by atoms with Crippen molar-refractivity contribution in [1.82, 2.24) is 0 Å². The molecule has 1 rings (SSSR count). The number of ether oxygens (including phenoxy) is 2. The van der Waals surface area contributed by atoms with Crippen LogP contribution in [0.1, 0.15) is 78.6 Å². The Morgan fingerprint density at radius 1 is 0.944 bits per heavy atom. The average molecular weight is 256 g/mol. The zero-order valence-electron chi connectivity index (χ0n) is 12.7. The first kappa shape index (κ1) is 16.0.